The number of carbonyl (C=O) groups is 1. The third kappa shape index (κ3) is 10.9. The second-order valence-electron chi connectivity index (χ2n) is 8.56. The van der Waals surface area contributed by atoms with Crippen molar-refractivity contribution in [3.05, 3.63) is 29.3 Å². The summed E-state index contributed by atoms with van der Waals surface area (Å²) < 4.78 is 22.4. The summed E-state index contributed by atoms with van der Waals surface area (Å²) in [4.78, 5) is 11.9. The van der Waals surface area contributed by atoms with Gasteiger partial charge in [0.15, 0.2) is 0 Å². The van der Waals surface area contributed by atoms with Gasteiger partial charge in [0.1, 0.15) is 11.9 Å². The van der Waals surface area contributed by atoms with Gasteiger partial charge >= 0.3 is 5.97 Å². The Kier molecular flexibility index (Phi) is 15.4. The highest BCUT2D eigenvalue weighted by Gasteiger charge is 2.35. The highest BCUT2D eigenvalue weighted by molar-refractivity contribution is 5.74. The maximum absolute atomic E-state index is 11.9. The Bertz CT molecular complexity index is 758. The summed E-state index contributed by atoms with van der Waals surface area (Å²) >= 11 is 0. The Morgan fingerprint density at radius 3 is 2.44 bits per heavy atom. The average molecular weight is 475 g/mol. The summed E-state index contributed by atoms with van der Waals surface area (Å²) in [6, 6.07) is 6.09. The van der Waals surface area contributed by atoms with Crippen molar-refractivity contribution in [2.45, 2.75) is 86.4 Å². The number of esters is 1. The van der Waals surface area contributed by atoms with Crippen LogP contribution in [0.5, 0.6) is 5.75 Å². The van der Waals surface area contributed by atoms with Crippen molar-refractivity contribution < 1.29 is 23.7 Å². The molecule has 5 heteroatoms. The van der Waals surface area contributed by atoms with E-state index in [1.165, 1.54) is 12.8 Å². The van der Waals surface area contributed by atoms with E-state index in [0.717, 1.165) is 36.1 Å². The van der Waals surface area contributed by atoms with Crippen LogP contribution in [0, 0.1) is 29.6 Å². The van der Waals surface area contributed by atoms with Crippen molar-refractivity contribution in [2.24, 2.45) is 17.8 Å². The van der Waals surface area contributed by atoms with Gasteiger partial charge in [0.25, 0.3) is 0 Å². The van der Waals surface area contributed by atoms with E-state index in [1.54, 1.807) is 7.11 Å². The zero-order valence-electron chi connectivity index (χ0n) is 22.4. The monoisotopic (exact) mass is 474 g/mol. The summed E-state index contributed by atoms with van der Waals surface area (Å²) in [5.74, 6) is 8.22. The van der Waals surface area contributed by atoms with Gasteiger partial charge in [-0.05, 0) is 42.9 Å². The number of cyclic esters (lactones) is 1. The number of rotatable bonds is 11. The van der Waals surface area contributed by atoms with Crippen LogP contribution in [0.15, 0.2) is 18.2 Å². The number of hydrogen-bond donors (Lipinski definition) is 0. The molecule has 1 heterocycles. The van der Waals surface area contributed by atoms with Crippen LogP contribution >= 0.6 is 0 Å². The molecular weight excluding hydrogens is 428 g/mol. The third-order valence-corrected chi connectivity index (χ3v) is 5.54. The molecule has 1 aromatic carbocycles. The second-order valence-corrected chi connectivity index (χ2v) is 8.56. The molecule has 2 fully saturated rings. The summed E-state index contributed by atoms with van der Waals surface area (Å²) in [5.41, 5.74) is 1.98. The lowest BCUT2D eigenvalue weighted by Gasteiger charge is -2.12. The van der Waals surface area contributed by atoms with E-state index in [2.05, 4.69) is 25.7 Å². The predicted molar refractivity (Wildman–Crippen MR) is 138 cm³/mol. The van der Waals surface area contributed by atoms with Crippen molar-refractivity contribution >= 4 is 5.97 Å². The van der Waals surface area contributed by atoms with Gasteiger partial charge in [-0.3, -0.25) is 4.79 Å². The van der Waals surface area contributed by atoms with E-state index in [-0.39, 0.29) is 18.0 Å². The number of ether oxygens (including phenoxy) is 4. The molecule has 0 bridgehead atoms. The van der Waals surface area contributed by atoms with Gasteiger partial charge in [0.05, 0.1) is 31.3 Å². The van der Waals surface area contributed by atoms with Crippen LogP contribution in [-0.4, -0.2) is 39.0 Å². The first-order valence-corrected chi connectivity index (χ1v) is 13.1. The Hall–Kier alpha value is -2.03. The molecule has 1 aliphatic heterocycles. The highest BCUT2D eigenvalue weighted by atomic mass is 16.6. The van der Waals surface area contributed by atoms with E-state index < -0.39 is 0 Å². The molecule has 1 saturated heterocycles. The molecule has 34 heavy (non-hydrogen) atoms. The number of hydrogen-bond acceptors (Lipinski definition) is 5. The van der Waals surface area contributed by atoms with E-state index in [4.69, 9.17) is 18.9 Å². The molecule has 3 rings (SSSR count). The molecule has 2 atom stereocenters. The van der Waals surface area contributed by atoms with E-state index in [0.29, 0.717) is 38.3 Å². The van der Waals surface area contributed by atoms with Gasteiger partial charge in [-0.2, -0.15) is 0 Å². The first-order valence-electron chi connectivity index (χ1n) is 13.1. The van der Waals surface area contributed by atoms with Crippen molar-refractivity contribution in [2.75, 3.05) is 26.9 Å². The van der Waals surface area contributed by atoms with Crippen LogP contribution in [-0.2, 0) is 25.6 Å². The van der Waals surface area contributed by atoms with Crippen LogP contribution in [0.4, 0.5) is 0 Å². The third-order valence-electron chi connectivity index (χ3n) is 5.54. The Morgan fingerprint density at radius 2 is 1.82 bits per heavy atom. The maximum atomic E-state index is 11.9. The number of carbonyl (C=O) groups excluding carboxylic acids is 1. The number of methoxy groups -OCH3 is 1. The minimum Gasteiger partial charge on any atom is -0.492 e. The maximum Gasteiger partial charge on any atom is 0.309 e. The van der Waals surface area contributed by atoms with Crippen molar-refractivity contribution in [1.82, 2.24) is 0 Å². The lowest BCUT2D eigenvalue weighted by Crippen LogP contribution is -2.13. The van der Waals surface area contributed by atoms with Crippen molar-refractivity contribution in [3.8, 4) is 17.6 Å². The molecule has 0 spiro atoms. The molecule has 5 nitrogen and oxygen atoms in total. The summed E-state index contributed by atoms with van der Waals surface area (Å²) in [7, 11) is 1.69. The van der Waals surface area contributed by atoms with E-state index in [9.17, 15) is 4.79 Å². The first-order chi connectivity index (χ1) is 16.6. The molecule has 192 valence electrons. The minimum atomic E-state index is -0.0619. The second kappa shape index (κ2) is 17.4. The van der Waals surface area contributed by atoms with Gasteiger partial charge in [0, 0.05) is 32.5 Å². The van der Waals surface area contributed by atoms with E-state index in [1.807, 2.05) is 45.9 Å². The molecule has 1 aliphatic carbocycles. The summed E-state index contributed by atoms with van der Waals surface area (Å²) in [5, 5.41) is 0. The molecule has 0 amide bonds. The summed E-state index contributed by atoms with van der Waals surface area (Å²) in [6.07, 6.45) is 4.76. The highest BCUT2D eigenvalue weighted by Crippen LogP contribution is 2.30. The van der Waals surface area contributed by atoms with Crippen LogP contribution < -0.4 is 4.74 Å². The Labute approximate surface area is 207 Å². The minimum absolute atomic E-state index is 0.0235. The van der Waals surface area contributed by atoms with Gasteiger partial charge in [-0.25, -0.2) is 0 Å². The number of benzene rings is 1. The molecule has 0 N–H and O–H groups in total. The molecule has 1 unspecified atom stereocenters. The lowest BCUT2D eigenvalue weighted by atomic mass is 9.92. The SMILES string of the molecule is CC.CC.COCCCOc1cc(COCCC2C[C@@H](C(C)C)C(=O)O2)ccc1C#CC1CC1. The zero-order chi connectivity index (χ0) is 25.3. The average Bonchev–Trinajstić information content (AvgIpc) is 3.61. The largest absolute Gasteiger partial charge is 0.492 e. The normalized spacial score (nSPS) is 18.6. The fraction of sp³-hybridized carbons (Fsp3) is 0.690. The zero-order valence-corrected chi connectivity index (χ0v) is 22.4. The Balaban J connectivity index is 0.00000137. The van der Waals surface area contributed by atoms with Gasteiger partial charge in [-0.15, -0.1) is 0 Å². The molecule has 0 aromatic heterocycles. The van der Waals surface area contributed by atoms with Crippen molar-refractivity contribution in [3.63, 3.8) is 0 Å². The first kappa shape index (κ1) is 30.0. The van der Waals surface area contributed by atoms with Crippen LogP contribution in [0.1, 0.15) is 84.8 Å². The standard InChI is InChI=1S/C25H34O5.2C2H6/c1-18(2)23-16-22(30-25(23)26)11-14-28-17-20-8-10-21(9-7-19-5-6-19)24(15-20)29-13-4-12-27-3;2*1-2/h8,10,15,18-19,22-23H,4-6,11-14,16-17H2,1-3H3;2*1-2H3/t22?,23-;;/m0../s1. The van der Waals surface area contributed by atoms with Crippen LogP contribution in [0.2, 0.25) is 0 Å². The Morgan fingerprint density at radius 1 is 1.09 bits per heavy atom. The fourth-order valence-electron chi connectivity index (χ4n) is 3.48. The molecule has 2 aliphatic rings. The fourth-order valence-corrected chi connectivity index (χ4v) is 3.48. The van der Waals surface area contributed by atoms with Gasteiger partial charge in [-0.1, -0.05) is 59.4 Å². The van der Waals surface area contributed by atoms with Gasteiger partial charge < -0.3 is 18.9 Å². The lowest BCUT2D eigenvalue weighted by molar-refractivity contribution is -0.145. The summed E-state index contributed by atoms with van der Waals surface area (Å²) in [6.45, 7) is 14.5. The molecule has 1 saturated carbocycles. The molecular formula is C29H46O5. The smallest absolute Gasteiger partial charge is 0.309 e. The van der Waals surface area contributed by atoms with Crippen molar-refractivity contribution in [1.29, 1.82) is 0 Å². The van der Waals surface area contributed by atoms with Crippen LogP contribution in [0.25, 0.3) is 0 Å². The molecule has 0 radical (unpaired) electrons. The van der Waals surface area contributed by atoms with Gasteiger partial charge in [0.2, 0.25) is 0 Å². The quantitative estimate of drug-likeness (QED) is 0.211. The topological polar surface area (TPSA) is 54.0 Å². The van der Waals surface area contributed by atoms with Crippen LogP contribution in [0.3, 0.4) is 0 Å². The van der Waals surface area contributed by atoms with E-state index >= 15 is 0 Å². The predicted octanol–water partition coefficient (Wildman–Crippen LogP) is 6.41. The molecule has 1 aromatic rings.